The third-order valence-electron chi connectivity index (χ3n) is 5.46. The van der Waals surface area contributed by atoms with Crippen molar-refractivity contribution < 1.29 is 35.5 Å². The Morgan fingerprint density at radius 3 is 2.33 bits per heavy atom. The SMILES string of the molecule is CN(CCN1CCOCC1)C(=O)c1cc(N(CCBr)CCOS(C)(=O)=O)c(S(C)(=O)=O)cc1[N+](=O)[O-]. The molecule has 0 saturated carbocycles. The van der Waals surface area contributed by atoms with Gasteiger partial charge >= 0.3 is 0 Å². The molecule has 1 amide bonds. The summed E-state index contributed by atoms with van der Waals surface area (Å²) in [5.41, 5.74) is -0.853. The number of rotatable bonds is 13. The fraction of sp³-hybridized carbons (Fsp3) is 0.650. The van der Waals surface area contributed by atoms with E-state index >= 15 is 0 Å². The number of amides is 1. The predicted octanol–water partition coefficient (Wildman–Crippen LogP) is 0.580. The highest BCUT2D eigenvalue weighted by molar-refractivity contribution is 9.09. The molecule has 1 aliphatic rings. The van der Waals surface area contributed by atoms with Crippen molar-refractivity contribution in [2.45, 2.75) is 4.90 Å². The van der Waals surface area contributed by atoms with Gasteiger partial charge in [0.15, 0.2) is 9.84 Å². The number of hydrogen-bond acceptors (Lipinski definition) is 11. The molecule has 0 atom stereocenters. The summed E-state index contributed by atoms with van der Waals surface area (Å²) in [4.78, 5) is 28.9. The minimum Gasteiger partial charge on any atom is -0.379 e. The van der Waals surface area contributed by atoms with E-state index in [1.807, 2.05) is 0 Å². The number of sulfone groups is 1. The molecular formula is C20H31BrN4O9S2. The molecule has 13 nitrogen and oxygen atoms in total. The van der Waals surface area contributed by atoms with Crippen LogP contribution in [0.15, 0.2) is 17.0 Å². The Hall–Kier alpha value is -1.85. The fourth-order valence-corrected chi connectivity index (χ4v) is 5.30. The van der Waals surface area contributed by atoms with E-state index in [0.717, 1.165) is 18.6 Å². The zero-order chi connectivity index (χ0) is 27.1. The van der Waals surface area contributed by atoms with Crippen molar-refractivity contribution in [2.75, 3.05) is 88.9 Å². The third kappa shape index (κ3) is 8.92. The lowest BCUT2D eigenvalue weighted by Gasteiger charge is -2.29. The molecular weight excluding hydrogens is 584 g/mol. The highest BCUT2D eigenvalue weighted by Gasteiger charge is 2.30. The first kappa shape index (κ1) is 30.4. The minimum atomic E-state index is -3.96. The molecule has 16 heteroatoms. The van der Waals surface area contributed by atoms with Crippen LogP contribution >= 0.6 is 15.9 Å². The van der Waals surface area contributed by atoms with Crippen LogP contribution in [-0.2, 0) is 28.9 Å². The topological polar surface area (TPSA) is 157 Å². The molecule has 1 fully saturated rings. The van der Waals surface area contributed by atoms with Gasteiger partial charge < -0.3 is 14.5 Å². The highest BCUT2D eigenvalue weighted by atomic mass is 79.9. The summed E-state index contributed by atoms with van der Waals surface area (Å²) in [5, 5.41) is 12.2. The number of ether oxygens (including phenoxy) is 1. The molecule has 0 aliphatic carbocycles. The number of hydrogen-bond donors (Lipinski definition) is 0. The van der Waals surface area contributed by atoms with Crippen molar-refractivity contribution in [3.63, 3.8) is 0 Å². The largest absolute Gasteiger partial charge is 0.379 e. The number of nitrogens with zero attached hydrogens (tertiary/aromatic N) is 4. The maximum Gasteiger partial charge on any atom is 0.283 e. The number of likely N-dealkylation sites (N-methyl/N-ethyl adjacent to an activating group) is 1. The van der Waals surface area contributed by atoms with Crippen molar-refractivity contribution in [3.8, 4) is 0 Å². The standard InChI is InChI=1S/C20H31BrN4O9S2/c1-22(6-7-23-8-11-33-12-9-23)20(26)16-14-18(19(35(2,29)30)15-17(16)25(27)28)24(5-4-21)10-13-34-36(3,31)32/h14-15H,4-13H2,1-3H3. The Morgan fingerprint density at radius 1 is 1.17 bits per heavy atom. The average Bonchev–Trinajstić information content (AvgIpc) is 2.80. The highest BCUT2D eigenvalue weighted by Crippen LogP contribution is 2.34. The normalized spacial score (nSPS) is 15.0. The van der Waals surface area contributed by atoms with Crippen LogP contribution in [0.1, 0.15) is 10.4 Å². The Balaban J connectivity index is 2.46. The van der Waals surface area contributed by atoms with E-state index in [9.17, 15) is 31.7 Å². The molecule has 1 aromatic rings. The van der Waals surface area contributed by atoms with Crippen molar-refractivity contribution in [3.05, 3.63) is 27.8 Å². The van der Waals surface area contributed by atoms with E-state index in [4.69, 9.17) is 8.92 Å². The van der Waals surface area contributed by atoms with Crippen molar-refractivity contribution in [1.29, 1.82) is 0 Å². The summed E-state index contributed by atoms with van der Waals surface area (Å²) in [7, 11) is -6.18. The molecule has 0 spiro atoms. The maximum absolute atomic E-state index is 13.3. The molecule has 0 radical (unpaired) electrons. The summed E-state index contributed by atoms with van der Waals surface area (Å²) in [6, 6.07) is 2.07. The smallest absolute Gasteiger partial charge is 0.283 e. The van der Waals surface area contributed by atoms with Crippen LogP contribution in [0.4, 0.5) is 11.4 Å². The monoisotopic (exact) mass is 614 g/mol. The number of morpholine rings is 1. The number of benzene rings is 1. The van der Waals surface area contributed by atoms with Gasteiger partial charge in [0, 0.05) is 64.0 Å². The number of nitro groups is 1. The van der Waals surface area contributed by atoms with Gasteiger partial charge in [-0.3, -0.25) is 24.0 Å². The average molecular weight is 616 g/mol. The Morgan fingerprint density at radius 2 is 1.81 bits per heavy atom. The van der Waals surface area contributed by atoms with Gasteiger partial charge in [0.2, 0.25) is 0 Å². The first-order valence-corrected chi connectivity index (χ1v) is 15.8. The summed E-state index contributed by atoms with van der Waals surface area (Å²) in [6.45, 7) is 3.34. The van der Waals surface area contributed by atoms with Gasteiger partial charge in [0.25, 0.3) is 21.7 Å². The van der Waals surface area contributed by atoms with Gasteiger partial charge in [-0.05, 0) is 6.07 Å². The molecule has 1 heterocycles. The number of alkyl halides is 1. The molecule has 0 unspecified atom stereocenters. The van der Waals surface area contributed by atoms with Gasteiger partial charge in [0.05, 0.1) is 41.6 Å². The predicted molar refractivity (Wildman–Crippen MR) is 137 cm³/mol. The number of nitro benzene ring substituents is 1. The van der Waals surface area contributed by atoms with E-state index in [-0.39, 0.29) is 35.8 Å². The van der Waals surface area contributed by atoms with E-state index in [1.54, 1.807) is 0 Å². The summed E-state index contributed by atoms with van der Waals surface area (Å²) >= 11 is 3.27. The van der Waals surface area contributed by atoms with Crippen LogP contribution in [0.2, 0.25) is 0 Å². The lowest BCUT2D eigenvalue weighted by molar-refractivity contribution is -0.385. The van der Waals surface area contributed by atoms with Gasteiger partial charge in [-0.15, -0.1) is 0 Å². The molecule has 0 aromatic heterocycles. The van der Waals surface area contributed by atoms with Crippen molar-refractivity contribution in [1.82, 2.24) is 9.80 Å². The van der Waals surface area contributed by atoms with Gasteiger partial charge in [0.1, 0.15) is 5.56 Å². The van der Waals surface area contributed by atoms with Crippen molar-refractivity contribution in [2.24, 2.45) is 0 Å². The number of halogens is 1. The van der Waals surface area contributed by atoms with Crippen LogP contribution in [0.3, 0.4) is 0 Å². The molecule has 1 saturated heterocycles. The molecule has 1 aromatic carbocycles. The van der Waals surface area contributed by atoms with Crippen LogP contribution in [0.25, 0.3) is 0 Å². The van der Waals surface area contributed by atoms with E-state index in [1.165, 1.54) is 22.9 Å². The van der Waals surface area contributed by atoms with E-state index in [0.29, 0.717) is 44.7 Å². The molecule has 204 valence electrons. The van der Waals surface area contributed by atoms with Gasteiger partial charge in [-0.25, -0.2) is 8.42 Å². The van der Waals surface area contributed by atoms with Gasteiger partial charge in [-0.1, -0.05) is 15.9 Å². The zero-order valence-corrected chi connectivity index (χ0v) is 23.6. The first-order chi connectivity index (χ1) is 16.7. The Bertz CT molecular complexity index is 1160. The fourth-order valence-electron chi connectivity index (χ4n) is 3.60. The summed E-state index contributed by atoms with van der Waals surface area (Å²) in [5.74, 6) is -0.637. The molecule has 2 rings (SSSR count). The second-order valence-corrected chi connectivity index (χ2v) is 12.7. The maximum atomic E-state index is 13.3. The second kappa shape index (κ2) is 13.1. The Kier molecular flexibility index (Phi) is 11.0. The third-order valence-corrected chi connectivity index (χ3v) is 7.54. The minimum absolute atomic E-state index is 0.0422. The number of carbonyl (C=O) groups is 1. The quantitative estimate of drug-likeness (QED) is 0.132. The van der Waals surface area contributed by atoms with Crippen LogP contribution in [-0.4, -0.2) is 121 Å². The summed E-state index contributed by atoms with van der Waals surface area (Å²) < 4.78 is 58.0. The lowest BCUT2D eigenvalue weighted by atomic mass is 10.1. The molecule has 0 bridgehead atoms. The first-order valence-electron chi connectivity index (χ1n) is 11.0. The van der Waals surface area contributed by atoms with Crippen LogP contribution < -0.4 is 4.90 Å². The number of carbonyl (C=O) groups excluding carboxylic acids is 1. The van der Waals surface area contributed by atoms with Crippen LogP contribution in [0, 0.1) is 10.1 Å². The molecule has 36 heavy (non-hydrogen) atoms. The molecule has 0 N–H and O–H groups in total. The van der Waals surface area contributed by atoms with Gasteiger partial charge in [-0.2, -0.15) is 8.42 Å². The molecule has 1 aliphatic heterocycles. The second-order valence-electron chi connectivity index (χ2n) is 8.25. The zero-order valence-electron chi connectivity index (χ0n) is 20.4. The lowest BCUT2D eigenvalue weighted by Crippen LogP contribution is -2.42. The van der Waals surface area contributed by atoms with Crippen molar-refractivity contribution >= 4 is 53.2 Å². The Labute approximate surface area is 219 Å². The van der Waals surface area contributed by atoms with E-state index in [2.05, 4.69) is 20.8 Å². The van der Waals surface area contributed by atoms with E-state index < -0.39 is 36.5 Å². The summed E-state index contributed by atoms with van der Waals surface area (Å²) in [6.07, 6.45) is 1.80. The number of anilines is 1. The van der Waals surface area contributed by atoms with Crippen LogP contribution in [0.5, 0.6) is 0 Å².